The Kier molecular flexibility index (Phi) is 3.49. The van der Waals surface area contributed by atoms with Crippen LogP contribution < -0.4 is 0 Å². The van der Waals surface area contributed by atoms with Crippen LogP contribution in [-0.4, -0.2) is 29.9 Å². The highest BCUT2D eigenvalue weighted by molar-refractivity contribution is 5.88. The van der Waals surface area contributed by atoms with Crippen LogP contribution in [0, 0.1) is 0 Å². The number of carboxylic acids is 1. The third-order valence-corrected chi connectivity index (χ3v) is 2.18. The van der Waals surface area contributed by atoms with E-state index in [0.717, 1.165) is 0 Å². The molecule has 1 atom stereocenters. The second kappa shape index (κ2) is 4.46. The Bertz CT molecular complexity index is 339. The number of aromatic carboxylic acids is 1. The van der Waals surface area contributed by atoms with Gasteiger partial charge in [-0.05, 0) is 13.0 Å². The summed E-state index contributed by atoms with van der Waals surface area (Å²) < 4.78 is 9.83. The number of rotatable bonds is 5. The molecule has 0 spiro atoms. The molecule has 0 aliphatic rings. The molecule has 2 N–H and O–H groups in total. The summed E-state index contributed by atoms with van der Waals surface area (Å²) in [5, 5.41) is 18.8. The number of hydrogen-bond acceptors (Lipinski definition) is 4. The summed E-state index contributed by atoms with van der Waals surface area (Å²) in [7, 11) is 1.51. The Hall–Kier alpha value is -1.33. The van der Waals surface area contributed by atoms with Crippen molar-refractivity contribution in [3.05, 3.63) is 23.7 Å². The van der Waals surface area contributed by atoms with E-state index in [-0.39, 0.29) is 17.7 Å². The van der Waals surface area contributed by atoms with Gasteiger partial charge in [-0.2, -0.15) is 0 Å². The average molecular weight is 214 g/mol. The summed E-state index contributed by atoms with van der Waals surface area (Å²) in [6, 6.07) is 1.32. The van der Waals surface area contributed by atoms with E-state index in [1.807, 2.05) is 0 Å². The summed E-state index contributed by atoms with van der Waals surface area (Å²) in [6.07, 6.45) is 1.53. The Labute approximate surface area is 87.3 Å². The van der Waals surface area contributed by atoms with Crippen molar-refractivity contribution < 1.29 is 24.2 Å². The van der Waals surface area contributed by atoms with Crippen molar-refractivity contribution in [2.45, 2.75) is 18.9 Å². The Morgan fingerprint density at radius 1 is 1.67 bits per heavy atom. The van der Waals surface area contributed by atoms with E-state index in [4.69, 9.17) is 14.3 Å². The van der Waals surface area contributed by atoms with Crippen LogP contribution in [-0.2, 0) is 10.3 Å². The van der Waals surface area contributed by atoms with Gasteiger partial charge in [-0.25, -0.2) is 4.79 Å². The van der Waals surface area contributed by atoms with Crippen LogP contribution in [0.1, 0.15) is 29.5 Å². The highest BCUT2D eigenvalue weighted by atomic mass is 16.5. The molecular formula is C10H14O5. The highest BCUT2D eigenvalue weighted by Gasteiger charge is 2.31. The van der Waals surface area contributed by atoms with Gasteiger partial charge in [0.05, 0.1) is 6.26 Å². The van der Waals surface area contributed by atoms with Gasteiger partial charge in [-0.15, -0.1) is 0 Å². The number of carboxylic acid groups (broad SMARTS) is 1. The molecule has 1 heterocycles. The molecule has 1 rings (SSSR count). The highest BCUT2D eigenvalue weighted by Crippen LogP contribution is 2.28. The molecule has 1 aromatic heterocycles. The minimum atomic E-state index is -1.33. The Morgan fingerprint density at radius 3 is 2.87 bits per heavy atom. The first-order chi connectivity index (χ1) is 6.99. The quantitative estimate of drug-likeness (QED) is 0.770. The van der Waals surface area contributed by atoms with E-state index >= 15 is 0 Å². The molecule has 0 saturated heterocycles. The fourth-order valence-electron chi connectivity index (χ4n) is 1.31. The van der Waals surface area contributed by atoms with Crippen molar-refractivity contribution in [1.82, 2.24) is 0 Å². The van der Waals surface area contributed by atoms with Crippen LogP contribution >= 0.6 is 0 Å². The first-order valence-electron chi connectivity index (χ1n) is 4.51. The molecule has 0 saturated carbocycles. The molecule has 15 heavy (non-hydrogen) atoms. The predicted octanol–water partition coefficient (Wildman–Crippen LogP) is 1.22. The maximum Gasteiger partial charge on any atom is 0.339 e. The molecule has 0 amide bonds. The van der Waals surface area contributed by atoms with Gasteiger partial charge in [0, 0.05) is 20.1 Å². The van der Waals surface area contributed by atoms with Gasteiger partial charge in [0.15, 0.2) is 0 Å². The minimum absolute atomic E-state index is 0.0175. The van der Waals surface area contributed by atoms with Crippen molar-refractivity contribution in [3.8, 4) is 0 Å². The normalized spacial score (nSPS) is 14.9. The monoisotopic (exact) mass is 214 g/mol. The van der Waals surface area contributed by atoms with Crippen LogP contribution in [0.15, 0.2) is 16.7 Å². The van der Waals surface area contributed by atoms with Gasteiger partial charge < -0.3 is 19.4 Å². The van der Waals surface area contributed by atoms with Crippen LogP contribution in [0.25, 0.3) is 0 Å². The minimum Gasteiger partial charge on any atom is -0.478 e. The Morgan fingerprint density at radius 2 is 2.33 bits per heavy atom. The second-order valence-corrected chi connectivity index (χ2v) is 3.49. The number of furan rings is 1. The van der Waals surface area contributed by atoms with Crippen molar-refractivity contribution >= 4 is 5.97 Å². The molecule has 1 aromatic rings. The largest absolute Gasteiger partial charge is 0.478 e. The summed E-state index contributed by atoms with van der Waals surface area (Å²) in [4.78, 5) is 10.8. The molecular weight excluding hydrogens is 200 g/mol. The number of carbonyl (C=O) groups is 1. The average Bonchev–Trinajstić information content (AvgIpc) is 2.63. The number of ether oxygens (including phenoxy) is 1. The van der Waals surface area contributed by atoms with E-state index in [1.165, 1.54) is 26.4 Å². The molecule has 1 unspecified atom stereocenters. The molecule has 5 nitrogen and oxygen atoms in total. The maximum absolute atomic E-state index is 10.8. The molecule has 0 radical (unpaired) electrons. The van der Waals surface area contributed by atoms with Gasteiger partial charge in [-0.3, -0.25) is 0 Å². The smallest absolute Gasteiger partial charge is 0.339 e. The molecule has 0 fully saturated rings. The number of methoxy groups -OCH3 is 1. The lowest BCUT2D eigenvalue weighted by atomic mass is 9.96. The van der Waals surface area contributed by atoms with Crippen LogP contribution in [0.4, 0.5) is 0 Å². The van der Waals surface area contributed by atoms with Crippen LogP contribution in [0.3, 0.4) is 0 Å². The number of hydrogen-bond donors (Lipinski definition) is 2. The summed E-state index contributed by atoms with van der Waals surface area (Å²) in [5.74, 6) is -1.05. The third kappa shape index (κ3) is 2.57. The maximum atomic E-state index is 10.8. The first-order valence-corrected chi connectivity index (χ1v) is 4.51. The van der Waals surface area contributed by atoms with Crippen molar-refractivity contribution in [3.63, 3.8) is 0 Å². The first kappa shape index (κ1) is 11.7. The molecule has 0 aliphatic carbocycles. The third-order valence-electron chi connectivity index (χ3n) is 2.18. The van der Waals surface area contributed by atoms with Crippen molar-refractivity contribution in [1.29, 1.82) is 0 Å². The van der Waals surface area contributed by atoms with Gasteiger partial charge in [-0.1, -0.05) is 0 Å². The standard InChI is InChI=1S/C10H14O5/c1-10(13,4-6-14-2)8-7(9(11)12)3-5-15-8/h3,5,13H,4,6H2,1-2H3,(H,11,12). The second-order valence-electron chi connectivity index (χ2n) is 3.49. The van der Waals surface area contributed by atoms with Crippen molar-refractivity contribution in [2.24, 2.45) is 0 Å². The molecule has 0 aromatic carbocycles. The zero-order valence-corrected chi connectivity index (χ0v) is 8.69. The lowest BCUT2D eigenvalue weighted by molar-refractivity contribution is 0.00123. The lowest BCUT2D eigenvalue weighted by Crippen LogP contribution is -2.24. The van der Waals surface area contributed by atoms with E-state index in [9.17, 15) is 9.90 Å². The van der Waals surface area contributed by atoms with E-state index < -0.39 is 11.6 Å². The van der Waals surface area contributed by atoms with Gasteiger partial charge in [0.1, 0.15) is 16.9 Å². The zero-order chi connectivity index (χ0) is 11.5. The zero-order valence-electron chi connectivity index (χ0n) is 8.69. The van der Waals surface area contributed by atoms with Gasteiger partial charge >= 0.3 is 5.97 Å². The van der Waals surface area contributed by atoms with Gasteiger partial charge in [0.2, 0.25) is 0 Å². The lowest BCUT2D eigenvalue weighted by Gasteiger charge is -2.20. The topological polar surface area (TPSA) is 79.9 Å². The van der Waals surface area contributed by atoms with Crippen LogP contribution in [0.2, 0.25) is 0 Å². The molecule has 84 valence electrons. The predicted molar refractivity (Wildman–Crippen MR) is 51.7 cm³/mol. The fraction of sp³-hybridized carbons (Fsp3) is 0.500. The molecule has 0 bridgehead atoms. The SMILES string of the molecule is COCCC(C)(O)c1occc1C(=O)O. The molecule has 0 aliphatic heterocycles. The van der Waals surface area contributed by atoms with E-state index in [2.05, 4.69) is 0 Å². The summed E-state index contributed by atoms with van der Waals surface area (Å²) >= 11 is 0. The van der Waals surface area contributed by atoms with Crippen LogP contribution in [0.5, 0.6) is 0 Å². The number of aliphatic hydroxyl groups is 1. The van der Waals surface area contributed by atoms with Crippen molar-refractivity contribution in [2.75, 3.05) is 13.7 Å². The Balaban J connectivity index is 2.93. The van der Waals surface area contributed by atoms with E-state index in [0.29, 0.717) is 6.61 Å². The summed E-state index contributed by atoms with van der Waals surface area (Å²) in [6.45, 7) is 1.82. The van der Waals surface area contributed by atoms with E-state index in [1.54, 1.807) is 0 Å². The molecule has 5 heteroatoms. The summed E-state index contributed by atoms with van der Waals surface area (Å²) in [5.41, 5.74) is -1.34. The van der Waals surface area contributed by atoms with Gasteiger partial charge in [0.25, 0.3) is 0 Å². The fourth-order valence-corrected chi connectivity index (χ4v) is 1.31.